The molecule has 0 saturated heterocycles. The lowest BCUT2D eigenvalue weighted by Crippen LogP contribution is -2.05. The van der Waals surface area contributed by atoms with Crippen molar-refractivity contribution in [1.29, 1.82) is 0 Å². The highest BCUT2D eigenvalue weighted by atomic mass is 35.5. The van der Waals surface area contributed by atoms with Crippen molar-refractivity contribution in [2.45, 2.75) is 9.79 Å². The smallest absolute Gasteiger partial charge is 0.296 e. The van der Waals surface area contributed by atoms with Crippen LogP contribution in [0.2, 0.25) is 5.28 Å². The number of nitrogen functional groups attached to an aromatic ring is 1. The van der Waals surface area contributed by atoms with Gasteiger partial charge in [0.05, 0.1) is 11.1 Å². The Bertz CT molecular complexity index is 2130. The first kappa shape index (κ1) is 29.5. The predicted octanol–water partition coefficient (Wildman–Crippen LogP) is 5.36. The Kier molecular flexibility index (Phi) is 7.82. The zero-order valence-electron chi connectivity index (χ0n) is 21.4. The van der Waals surface area contributed by atoms with Crippen molar-refractivity contribution >= 4 is 82.9 Å². The van der Waals surface area contributed by atoms with E-state index in [1.165, 1.54) is 30.3 Å². The molecule has 220 valence electrons. The second kappa shape index (κ2) is 11.4. The first-order valence-corrected chi connectivity index (χ1v) is 15.1. The molecule has 1 heterocycles. The van der Waals surface area contributed by atoms with Gasteiger partial charge < -0.3 is 21.5 Å². The summed E-state index contributed by atoms with van der Waals surface area (Å²) in [5.74, 6) is -0.362. The molecule has 0 aliphatic rings. The van der Waals surface area contributed by atoms with Gasteiger partial charge in [-0.25, -0.2) is 0 Å². The van der Waals surface area contributed by atoms with Crippen molar-refractivity contribution in [2.24, 2.45) is 10.2 Å². The number of phenols is 1. The number of fused-ring (bicyclic) bond motifs is 1. The van der Waals surface area contributed by atoms with Gasteiger partial charge in [-0.1, -0.05) is 30.3 Å². The third-order valence-electron chi connectivity index (χ3n) is 5.80. The van der Waals surface area contributed by atoms with E-state index in [1.807, 2.05) is 6.07 Å². The van der Waals surface area contributed by atoms with Crippen LogP contribution >= 0.6 is 11.6 Å². The molecule has 0 unspecified atom stereocenters. The number of halogens is 1. The average Bonchev–Trinajstić information content (AvgIpc) is 2.92. The first-order chi connectivity index (χ1) is 20.3. The number of hydrogen-bond donors (Lipinski definition) is 6. The minimum atomic E-state index is -4.89. The van der Waals surface area contributed by atoms with E-state index in [0.29, 0.717) is 5.69 Å². The third kappa shape index (κ3) is 6.60. The Morgan fingerprint density at radius 2 is 1.35 bits per heavy atom. The molecule has 0 saturated carbocycles. The molecule has 15 nitrogen and oxygen atoms in total. The Morgan fingerprint density at radius 3 is 2.00 bits per heavy atom. The molecule has 0 radical (unpaired) electrons. The molecule has 0 fully saturated rings. The van der Waals surface area contributed by atoms with Gasteiger partial charge in [0, 0.05) is 16.8 Å². The summed E-state index contributed by atoms with van der Waals surface area (Å²) in [7, 11) is -9.69. The van der Waals surface area contributed by atoms with Crippen LogP contribution in [0.1, 0.15) is 0 Å². The molecule has 7 N–H and O–H groups in total. The standard InChI is InChI=1S/C25H19ClN8O7S2/c26-23-30-24(28-13-5-2-1-3-6-13)32-25(31-23)29-14-9-10-16(20(11-14)43(39,40)41)33-34-17-12-19(42(36,37)38)15-7-4-8-18(35)21(15)22(17)27/h1-12,35H,27H2,(H,36,37,38)(H,39,40,41)(H2,28,29,30,31,32). The molecule has 0 atom stereocenters. The van der Waals surface area contributed by atoms with Gasteiger partial charge in [0.25, 0.3) is 20.2 Å². The van der Waals surface area contributed by atoms with E-state index in [4.69, 9.17) is 17.3 Å². The fraction of sp³-hybridized carbons (Fsp3) is 0. The number of nitrogens with zero attached hydrogens (tertiary/aromatic N) is 5. The molecule has 4 aromatic carbocycles. The molecule has 5 rings (SSSR count). The van der Waals surface area contributed by atoms with Crippen molar-refractivity contribution in [3.63, 3.8) is 0 Å². The maximum Gasteiger partial charge on any atom is 0.296 e. The highest BCUT2D eigenvalue weighted by Crippen LogP contribution is 2.41. The van der Waals surface area contributed by atoms with Crippen LogP contribution in [0.3, 0.4) is 0 Å². The quantitative estimate of drug-likeness (QED) is 0.0709. The van der Waals surface area contributed by atoms with Crippen LogP contribution < -0.4 is 16.4 Å². The minimum Gasteiger partial charge on any atom is -0.507 e. The second-order valence-electron chi connectivity index (χ2n) is 8.71. The van der Waals surface area contributed by atoms with Crippen LogP contribution in [0.15, 0.2) is 92.8 Å². The molecule has 5 aromatic rings. The Balaban J connectivity index is 1.51. The Labute approximate surface area is 248 Å². The van der Waals surface area contributed by atoms with Crippen LogP contribution in [0.25, 0.3) is 10.8 Å². The summed E-state index contributed by atoms with van der Waals surface area (Å²) in [4.78, 5) is 10.8. The normalized spacial score (nSPS) is 12.1. The number of nitrogens with one attached hydrogen (secondary N) is 2. The van der Waals surface area contributed by atoms with E-state index in [2.05, 4.69) is 35.8 Å². The summed E-state index contributed by atoms with van der Waals surface area (Å²) in [6.45, 7) is 0. The van der Waals surface area contributed by atoms with E-state index in [-0.39, 0.29) is 50.7 Å². The SMILES string of the molecule is Nc1c(N=Nc2ccc(Nc3nc(Cl)nc(Nc4ccccc4)n3)cc2S(=O)(=O)O)cc(S(=O)(=O)O)c2cccc(O)c12. The summed E-state index contributed by atoms with van der Waals surface area (Å²) in [5.41, 5.74) is 5.99. The Morgan fingerprint density at radius 1 is 0.721 bits per heavy atom. The second-order valence-corrected chi connectivity index (χ2v) is 11.8. The summed E-state index contributed by atoms with van der Waals surface area (Å²) >= 11 is 6.02. The van der Waals surface area contributed by atoms with E-state index in [1.54, 1.807) is 24.3 Å². The van der Waals surface area contributed by atoms with Crippen LogP contribution in [0, 0.1) is 0 Å². The number of aromatic hydroxyl groups is 1. The number of para-hydroxylation sites is 1. The van der Waals surface area contributed by atoms with Crippen molar-refractivity contribution in [1.82, 2.24) is 15.0 Å². The number of anilines is 5. The van der Waals surface area contributed by atoms with Crippen molar-refractivity contribution < 1.29 is 31.0 Å². The number of hydrogen-bond acceptors (Lipinski definition) is 13. The average molecular weight is 643 g/mol. The largest absolute Gasteiger partial charge is 0.507 e. The van der Waals surface area contributed by atoms with Crippen LogP contribution in [0.4, 0.5) is 40.3 Å². The summed E-state index contributed by atoms with van der Waals surface area (Å²) in [6.07, 6.45) is 0. The van der Waals surface area contributed by atoms with Gasteiger partial charge in [-0.05, 0) is 54.1 Å². The van der Waals surface area contributed by atoms with Gasteiger partial charge in [-0.15, -0.1) is 10.2 Å². The van der Waals surface area contributed by atoms with Gasteiger partial charge in [0.15, 0.2) is 0 Å². The molecule has 43 heavy (non-hydrogen) atoms. The highest BCUT2D eigenvalue weighted by Gasteiger charge is 2.22. The lowest BCUT2D eigenvalue weighted by molar-refractivity contribution is 0.480. The molecule has 0 amide bonds. The molecule has 0 bridgehead atoms. The van der Waals surface area contributed by atoms with Crippen molar-refractivity contribution in [2.75, 3.05) is 16.4 Å². The van der Waals surface area contributed by atoms with Crippen molar-refractivity contribution in [3.8, 4) is 5.75 Å². The van der Waals surface area contributed by atoms with E-state index >= 15 is 0 Å². The number of benzene rings is 4. The number of aromatic nitrogens is 3. The maximum atomic E-state index is 12.2. The van der Waals surface area contributed by atoms with Crippen LogP contribution in [-0.2, 0) is 20.2 Å². The van der Waals surface area contributed by atoms with Gasteiger partial charge in [0.2, 0.25) is 17.2 Å². The van der Waals surface area contributed by atoms with Crippen LogP contribution in [0.5, 0.6) is 5.75 Å². The number of azo groups is 1. The number of nitrogens with two attached hydrogens (primary N) is 1. The lowest BCUT2D eigenvalue weighted by Gasteiger charge is -2.11. The molecule has 18 heteroatoms. The van der Waals surface area contributed by atoms with Crippen LogP contribution in [-0.4, -0.2) is 46.0 Å². The van der Waals surface area contributed by atoms with E-state index < -0.39 is 35.8 Å². The monoisotopic (exact) mass is 642 g/mol. The Hall–Kier alpha value is -4.94. The van der Waals surface area contributed by atoms with Gasteiger partial charge >= 0.3 is 0 Å². The predicted molar refractivity (Wildman–Crippen MR) is 158 cm³/mol. The topological polar surface area (TPSA) is 242 Å². The first-order valence-electron chi connectivity index (χ1n) is 11.9. The van der Waals surface area contributed by atoms with E-state index in [0.717, 1.165) is 12.1 Å². The summed E-state index contributed by atoms with van der Waals surface area (Å²) < 4.78 is 68.1. The van der Waals surface area contributed by atoms with Gasteiger partial charge in [-0.2, -0.15) is 31.8 Å². The van der Waals surface area contributed by atoms with Gasteiger partial charge in [0.1, 0.15) is 26.9 Å². The maximum absolute atomic E-state index is 12.2. The lowest BCUT2D eigenvalue weighted by atomic mass is 10.1. The molecule has 0 spiro atoms. The fourth-order valence-corrected chi connectivity index (χ4v) is 5.48. The highest BCUT2D eigenvalue weighted by molar-refractivity contribution is 7.86. The number of phenolic OH excluding ortho intramolecular Hbond substituents is 1. The van der Waals surface area contributed by atoms with Crippen molar-refractivity contribution in [3.05, 3.63) is 78.1 Å². The minimum absolute atomic E-state index is 0.0596. The summed E-state index contributed by atoms with van der Waals surface area (Å²) in [6, 6.07) is 17.4. The zero-order valence-corrected chi connectivity index (χ0v) is 23.8. The fourth-order valence-electron chi connectivity index (χ4n) is 3.96. The molecular weight excluding hydrogens is 624 g/mol. The molecular formula is C25H19ClN8O7S2. The number of rotatable bonds is 8. The molecule has 0 aliphatic heterocycles. The summed E-state index contributed by atoms with van der Waals surface area (Å²) in [5, 5.41) is 23.3. The molecule has 1 aromatic heterocycles. The zero-order chi connectivity index (χ0) is 30.9. The third-order valence-corrected chi connectivity index (χ3v) is 7.74. The molecule has 0 aliphatic carbocycles. The van der Waals surface area contributed by atoms with E-state index in [9.17, 15) is 31.0 Å². The van der Waals surface area contributed by atoms with Gasteiger partial charge in [-0.3, -0.25) is 9.11 Å².